The first-order valence-electron chi connectivity index (χ1n) is 4.54. The van der Waals surface area contributed by atoms with E-state index in [1.807, 2.05) is 0 Å². The Morgan fingerprint density at radius 1 is 1.16 bits per heavy atom. The number of ether oxygens (including phenoxy) is 1. The van der Waals surface area contributed by atoms with E-state index in [2.05, 4.69) is 4.74 Å². The van der Waals surface area contributed by atoms with Crippen molar-refractivity contribution in [1.29, 1.82) is 0 Å². The van der Waals surface area contributed by atoms with E-state index in [0.717, 1.165) is 7.11 Å². The normalized spacial score (nSPS) is 10.1. The molecule has 0 heterocycles. The molecule has 3 N–H and O–H groups in total. The van der Waals surface area contributed by atoms with Gasteiger partial charge in [0.2, 0.25) is 0 Å². The average Bonchev–Trinajstić information content (AvgIpc) is 2.35. The molecule has 0 spiro atoms. The molecule has 0 aromatic heterocycles. The second kappa shape index (κ2) is 5.66. The standard InChI is InChI=1S/C8H8N3O8/c1-19-8(12)7-5(10(15)16)2-4(9(13)14)3-6(7)11(17)18/h2-3,15-17H,1H3/q-3. The van der Waals surface area contributed by atoms with Crippen LogP contribution in [0.3, 0.4) is 0 Å². The predicted octanol–water partition coefficient (Wildman–Crippen LogP) is 0.553. The second-order valence-corrected chi connectivity index (χ2v) is 3.17. The molecule has 0 bridgehead atoms. The van der Waals surface area contributed by atoms with Gasteiger partial charge >= 0.3 is 5.97 Å². The Kier molecular flexibility index (Phi) is 4.44. The fourth-order valence-electron chi connectivity index (χ4n) is 1.32. The van der Waals surface area contributed by atoms with Gasteiger partial charge in [0.15, 0.2) is 0 Å². The molecule has 1 rings (SSSR count). The molecule has 0 aliphatic heterocycles. The maximum Gasteiger partial charge on any atom is 0.342 e. The first-order chi connectivity index (χ1) is 8.79. The van der Waals surface area contributed by atoms with Crippen LogP contribution < -0.4 is 15.7 Å². The van der Waals surface area contributed by atoms with E-state index in [1.165, 1.54) is 0 Å². The lowest BCUT2D eigenvalue weighted by Gasteiger charge is -2.39. The molecule has 1 aromatic carbocycles. The Hall–Kier alpha value is -2.15. The molecule has 106 valence electrons. The number of hydrogen-bond donors (Lipinski definition) is 3. The first kappa shape index (κ1) is 14.9. The molecule has 0 saturated carbocycles. The number of hydrogen-bond acceptors (Lipinski definition) is 11. The van der Waals surface area contributed by atoms with E-state index in [4.69, 9.17) is 15.6 Å². The zero-order valence-electron chi connectivity index (χ0n) is 9.38. The molecule has 11 heteroatoms. The van der Waals surface area contributed by atoms with Gasteiger partial charge < -0.3 is 30.8 Å². The summed E-state index contributed by atoms with van der Waals surface area (Å²) in [5.41, 5.74) is -3.17. The third-order valence-electron chi connectivity index (χ3n) is 2.10. The Labute approximate surface area is 105 Å². The summed E-state index contributed by atoms with van der Waals surface area (Å²) in [5, 5.41) is 56.4. The van der Waals surface area contributed by atoms with E-state index in [9.17, 15) is 20.4 Å². The molecule has 0 radical (unpaired) electrons. The molecule has 1 aromatic rings. The van der Waals surface area contributed by atoms with E-state index in [0.29, 0.717) is 12.1 Å². The van der Waals surface area contributed by atoms with Gasteiger partial charge in [-0.25, -0.2) is 4.79 Å². The number of anilines is 3. The molecule has 0 fully saturated rings. The first-order valence-corrected chi connectivity index (χ1v) is 4.54. The number of methoxy groups -OCH3 is 1. The third-order valence-corrected chi connectivity index (χ3v) is 2.10. The minimum absolute atomic E-state index is 0.576. The van der Waals surface area contributed by atoms with Crippen LogP contribution in [0.5, 0.6) is 0 Å². The molecule has 19 heavy (non-hydrogen) atoms. The molecule has 0 aliphatic carbocycles. The van der Waals surface area contributed by atoms with Crippen LogP contribution in [-0.4, -0.2) is 28.7 Å². The van der Waals surface area contributed by atoms with E-state index < -0.39 is 44.3 Å². The molecular formula is C8H8N3O8-3. The molecule has 11 nitrogen and oxygen atoms in total. The number of benzene rings is 1. The zero-order valence-corrected chi connectivity index (χ0v) is 9.38. The summed E-state index contributed by atoms with van der Waals surface area (Å²) >= 11 is 0. The van der Waals surface area contributed by atoms with Gasteiger partial charge in [0.05, 0.1) is 12.8 Å². The van der Waals surface area contributed by atoms with Crippen LogP contribution in [0.15, 0.2) is 12.1 Å². The molecule has 0 aliphatic rings. The average molecular weight is 274 g/mol. The van der Waals surface area contributed by atoms with Crippen LogP contribution in [0.4, 0.5) is 17.1 Å². The Bertz CT molecular complexity index is 446. The van der Waals surface area contributed by atoms with Crippen molar-refractivity contribution in [3.05, 3.63) is 33.3 Å². The Morgan fingerprint density at radius 2 is 1.68 bits per heavy atom. The van der Waals surface area contributed by atoms with Gasteiger partial charge in [-0.05, 0) is 12.1 Å². The summed E-state index contributed by atoms with van der Waals surface area (Å²) in [5.74, 6) is -1.21. The molecule has 0 amide bonds. The smallest absolute Gasteiger partial charge is 0.342 e. The van der Waals surface area contributed by atoms with Crippen molar-refractivity contribution in [2.24, 2.45) is 0 Å². The van der Waals surface area contributed by atoms with Crippen molar-refractivity contribution in [2.75, 3.05) is 22.8 Å². The van der Waals surface area contributed by atoms with Gasteiger partial charge in [0, 0.05) is 5.69 Å². The molecule has 0 unspecified atom stereocenters. The van der Waals surface area contributed by atoms with Crippen molar-refractivity contribution in [2.45, 2.75) is 0 Å². The highest BCUT2D eigenvalue weighted by molar-refractivity contribution is 6.02. The zero-order chi connectivity index (χ0) is 14.7. The van der Waals surface area contributed by atoms with Gasteiger partial charge in [-0.1, -0.05) is 0 Å². The van der Waals surface area contributed by atoms with E-state index >= 15 is 0 Å². The lowest BCUT2D eigenvalue weighted by molar-refractivity contribution is 0.0273. The fraction of sp³-hybridized carbons (Fsp3) is 0.125. The highest BCUT2D eigenvalue weighted by atomic mass is 16.8. The fourth-order valence-corrected chi connectivity index (χ4v) is 1.32. The number of carbonyl (C=O) groups is 1. The Morgan fingerprint density at radius 3 is 2.05 bits per heavy atom. The van der Waals surface area contributed by atoms with Crippen LogP contribution in [0.25, 0.3) is 0 Å². The van der Waals surface area contributed by atoms with Gasteiger partial charge in [-0.3, -0.25) is 15.6 Å². The van der Waals surface area contributed by atoms with Crippen LogP contribution in [0.1, 0.15) is 10.4 Å². The summed E-state index contributed by atoms with van der Waals surface area (Å²) < 4.78 is 4.28. The SMILES string of the molecule is COC(=O)c1c(N([O-])O)cc(N([O-])[O-])cc1N(O)O. The highest BCUT2D eigenvalue weighted by Gasteiger charge is 2.22. The number of carbonyl (C=O) groups excluding carboxylic acids is 1. The van der Waals surface area contributed by atoms with Crippen LogP contribution in [0, 0.1) is 15.6 Å². The minimum atomic E-state index is -1.21. The Balaban J connectivity index is 3.60. The lowest BCUT2D eigenvalue weighted by atomic mass is 10.1. The number of nitrogens with zero attached hydrogens (tertiary/aromatic N) is 3. The van der Waals surface area contributed by atoms with Crippen molar-refractivity contribution < 1.29 is 25.2 Å². The topological polar surface area (TPSA) is 166 Å². The molecule has 0 saturated heterocycles. The summed E-state index contributed by atoms with van der Waals surface area (Å²) in [7, 11) is 0.933. The van der Waals surface area contributed by atoms with Crippen LogP contribution in [-0.2, 0) is 4.74 Å². The van der Waals surface area contributed by atoms with Crippen molar-refractivity contribution in [1.82, 2.24) is 0 Å². The maximum absolute atomic E-state index is 11.4. The van der Waals surface area contributed by atoms with Crippen molar-refractivity contribution in [3.8, 4) is 0 Å². The van der Waals surface area contributed by atoms with Crippen LogP contribution in [0.2, 0.25) is 0 Å². The minimum Gasteiger partial charge on any atom is -0.769 e. The molecule has 0 atom stereocenters. The van der Waals surface area contributed by atoms with E-state index in [1.54, 1.807) is 0 Å². The van der Waals surface area contributed by atoms with E-state index in [-0.39, 0.29) is 0 Å². The predicted molar refractivity (Wildman–Crippen MR) is 60.7 cm³/mol. The quantitative estimate of drug-likeness (QED) is 0.518. The summed E-state index contributed by atoms with van der Waals surface area (Å²) in [6, 6.07) is 1.19. The third kappa shape index (κ3) is 3.00. The molecular weight excluding hydrogens is 266 g/mol. The lowest BCUT2D eigenvalue weighted by Crippen LogP contribution is -2.21. The van der Waals surface area contributed by atoms with Gasteiger partial charge in [-0.2, -0.15) is 0 Å². The summed E-state index contributed by atoms with van der Waals surface area (Å²) in [4.78, 5) is 11.4. The summed E-state index contributed by atoms with van der Waals surface area (Å²) in [6.07, 6.45) is 0. The van der Waals surface area contributed by atoms with Crippen molar-refractivity contribution >= 4 is 23.0 Å². The number of rotatable bonds is 4. The monoisotopic (exact) mass is 274 g/mol. The largest absolute Gasteiger partial charge is 0.769 e. The van der Waals surface area contributed by atoms with Crippen molar-refractivity contribution in [3.63, 3.8) is 0 Å². The summed E-state index contributed by atoms with van der Waals surface area (Å²) in [6.45, 7) is 0. The number of esters is 1. The van der Waals surface area contributed by atoms with Gasteiger partial charge in [0.25, 0.3) is 0 Å². The second-order valence-electron chi connectivity index (χ2n) is 3.17. The van der Waals surface area contributed by atoms with Crippen LogP contribution >= 0.6 is 0 Å². The van der Waals surface area contributed by atoms with Gasteiger partial charge in [0.1, 0.15) is 11.3 Å². The van der Waals surface area contributed by atoms with Gasteiger partial charge in [-0.15, -0.1) is 5.23 Å². The maximum atomic E-state index is 11.4. The highest BCUT2D eigenvalue weighted by Crippen LogP contribution is 2.34.